The maximum Gasteiger partial charge on any atom is 0.408 e. The number of anilines is 1. The minimum atomic E-state index is -4.51. The van der Waals surface area contributed by atoms with Crippen LogP contribution in [0, 0.1) is 5.92 Å². The number of hydrogen-bond acceptors (Lipinski definition) is 5. The molecular weight excluding hydrogens is 437 g/mol. The van der Waals surface area contributed by atoms with E-state index in [2.05, 4.69) is 10.4 Å². The number of hydrogen-bond donors (Lipinski definition) is 3. The molecule has 0 spiro atoms. The van der Waals surface area contributed by atoms with Crippen LogP contribution in [0.15, 0.2) is 36.5 Å². The number of aliphatic hydroxyl groups excluding tert-OH is 2. The largest absolute Gasteiger partial charge is 0.408 e. The predicted molar refractivity (Wildman–Crippen MR) is 115 cm³/mol. The molecule has 0 saturated heterocycles. The second-order valence-corrected chi connectivity index (χ2v) is 8.97. The van der Waals surface area contributed by atoms with Crippen LogP contribution in [0.4, 0.5) is 19.0 Å². The summed E-state index contributed by atoms with van der Waals surface area (Å²) in [6.45, 7) is -0.336. The summed E-state index contributed by atoms with van der Waals surface area (Å²) in [6, 6.07) is 5.23. The zero-order chi connectivity index (χ0) is 23.6. The second-order valence-electron chi connectivity index (χ2n) is 8.97. The number of amides is 1. The molecule has 0 bridgehead atoms. The van der Waals surface area contributed by atoms with E-state index in [4.69, 9.17) is 5.11 Å². The van der Waals surface area contributed by atoms with Gasteiger partial charge in [0.2, 0.25) is 5.91 Å². The molecule has 1 aromatic carbocycles. The minimum Gasteiger partial charge on any atom is -0.394 e. The highest BCUT2D eigenvalue weighted by Crippen LogP contribution is 2.46. The zero-order valence-corrected chi connectivity index (χ0v) is 18.2. The molecule has 1 aliphatic heterocycles. The van der Waals surface area contributed by atoms with Crippen LogP contribution in [0.5, 0.6) is 0 Å². The molecule has 1 unspecified atom stereocenters. The third-order valence-electron chi connectivity index (χ3n) is 6.58. The summed E-state index contributed by atoms with van der Waals surface area (Å²) in [5.41, 5.74) is 0.794. The average molecular weight is 467 g/mol. The average Bonchev–Trinajstić information content (AvgIpc) is 3.51. The van der Waals surface area contributed by atoms with E-state index >= 15 is 0 Å². The van der Waals surface area contributed by atoms with E-state index in [1.807, 2.05) is 0 Å². The SMILES string of the molecule is O=C(Nc1ccn(C[C@H](O)CO)n1)C(CC1CCCC1)N1Cc2ccccc2[C@H]1C(F)(F)F. The lowest BCUT2D eigenvalue weighted by Gasteiger charge is -2.34. The number of carbonyl (C=O) groups is 1. The molecule has 1 fully saturated rings. The van der Waals surface area contributed by atoms with Crippen molar-refractivity contribution < 1.29 is 28.2 Å². The number of halogens is 3. The van der Waals surface area contributed by atoms with Crippen molar-refractivity contribution >= 4 is 11.7 Å². The lowest BCUT2D eigenvalue weighted by Crippen LogP contribution is -2.47. The first kappa shape index (κ1) is 23.7. The number of alkyl halides is 3. The first-order valence-electron chi connectivity index (χ1n) is 11.3. The van der Waals surface area contributed by atoms with E-state index in [9.17, 15) is 23.1 Å². The number of aromatic nitrogens is 2. The van der Waals surface area contributed by atoms with Gasteiger partial charge in [0.05, 0.1) is 25.3 Å². The van der Waals surface area contributed by atoms with Crippen molar-refractivity contribution in [1.82, 2.24) is 14.7 Å². The highest BCUT2D eigenvalue weighted by Gasteiger charge is 2.52. The molecule has 10 heteroatoms. The number of nitrogens with one attached hydrogen (secondary N) is 1. The van der Waals surface area contributed by atoms with Crippen LogP contribution in [0.1, 0.15) is 49.3 Å². The smallest absolute Gasteiger partial charge is 0.394 e. The van der Waals surface area contributed by atoms with E-state index in [1.54, 1.807) is 18.2 Å². The molecule has 1 amide bonds. The molecule has 33 heavy (non-hydrogen) atoms. The van der Waals surface area contributed by atoms with Gasteiger partial charge in [-0.05, 0) is 23.5 Å². The molecule has 1 saturated carbocycles. The highest BCUT2D eigenvalue weighted by molar-refractivity contribution is 5.94. The van der Waals surface area contributed by atoms with Crippen LogP contribution in [0.2, 0.25) is 0 Å². The van der Waals surface area contributed by atoms with E-state index in [0.29, 0.717) is 12.0 Å². The van der Waals surface area contributed by atoms with Crippen molar-refractivity contribution in [2.75, 3.05) is 11.9 Å². The van der Waals surface area contributed by atoms with Crippen LogP contribution >= 0.6 is 0 Å². The van der Waals surface area contributed by atoms with Gasteiger partial charge < -0.3 is 15.5 Å². The molecule has 180 valence electrons. The number of nitrogens with zero attached hydrogens (tertiary/aromatic N) is 3. The van der Waals surface area contributed by atoms with Gasteiger partial charge in [0.1, 0.15) is 6.04 Å². The Bertz CT molecular complexity index is 958. The fourth-order valence-corrected chi connectivity index (χ4v) is 5.03. The summed E-state index contributed by atoms with van der Waals surface area (Å²) in [7, 11) is 0. The summed E-state index contributed by atoms with van der Waals surface area (Å²) in [5, 5.41) is 25.4. The van der Waals surface area contributed by atoms with Crippen LogP contribution in [0.3, 0.4) is 0 Å². The van der Waals surface area contributed by atoms with Crippen molar-refractivity contribution in [3.05, 3.63) is 47.7 Å². The Hall–Kier alpha value is -2.43. The Morgan fingerprint density at radius 2 is 1.94 bits per heavy atom. The first-order chi connectivity index (χ1) is 15.8. The van der Waals surface area contributed by atoms with Gasteiger partial charge in [-0.1, -0.05) is 49.9 Å². The van der Waals surface area contributed by atoms with Gasteiger partial charge in [0.15, 0.2) is 5.82 Å². The summed E-state index contributed by atoms with van der Waals surface area (Å²) in [5.74, 6) is -0.116. The van der Waals surface area contributed by atoms with Crippen LogP contribution in [-0.2, 0) is 17.9 Å². The molecule has 4 rings (SSSR count). The summed E-state index contributed by atoms with van der Waals surface area (Å²) < 4.78 is 43.9. The van der Waals surface area contributed by atoms with Crippen LogP contribution in [0.25, 0.3) is 0 Å². The van der Waals surface area contributed by atoms with Crippen LogP contribution < -0.4 is 5.32 Å². The topological polar surface area (TPSA) is 90.6 Å². The van der Waals surface area contributed by atoms with E-state index in [-0.39, 0.29) is 30.4 Å². The van der Waals surface area contributed by atoms with Crippen molar-refractivity contribution in [1.29, 1.82) is 0 Å². The number of rotatable bonds is 8. The van der Waals surface area contributed by atoms with Gasteiger partial charge in [-0.15, -0.1) is 0 Å². The highest BCUT2D eigenvalue weighted by atomic mass is 19.4. The summed E-state index contributed by atoms with van der Waals surface area (Å²) >= 11 is 0. The molecule has 1 aromatic heterocycles. The predicted octanol–water partition coefficient (Wildman–Crippen LogP) is 3.24. The van der Waals surface area contributed by atoms with E-state index in [1.165, 1.54) is 27.9 Å². The monoisotopic (exact) mass is 466 g/mol. The lowest BCUT2D eigenvalue weighted by atomic mass is 9.95. The first-order valence-corrected chi connectivity index (χ1v) is 11.3. The Labute approximate surface area is 190 Å². The Balaban J connectivity index is 1.58. The normalized spacial score (nSPS) is 21.2. The van der Waals surface area contributed by atoms with Gasteiger partial charge in [0.25, 0.3) is 0 Å². The molecule has 3 atom stereocenters. The standard InChI is InChI=1S/C23H29F3N4O3/c24-23(25,26)21-18-8-4-3-7-16(18)12-30(21)19(11-15-5-1-2-6-15)22(33)27-20-9-10-29(28-20)13-17(32)14-31/h3-4,7-10,15,17,19,21,31-32H,1-2,5-6,11-14H2,(H,27,28,33)/t17-,19?,21-/m0/s1. The Morgan fingerprint density at radius 3 is 2.64 bits per heavy atom. The van der Waals surface area contributed by atoms with E-state index in [0.717, 1.165) is 25.7 Å². The molecule has 2 aromatic rings. The van der Waals surface area contributed by atoms with Crippen molar-refractivity contribution in [2.24, 2.45) is 5.92 Å². The third-order valence-corrected chi connectivity index (χ3v) is 6.58. The quantitative estimate of drug-likeness (QED) is 0.556. The number of benzene rings is 1. The molecule has 7 nitrogen and oxygen atoms in total. The number of carbonyl (C=O) groups excluding carboxylic acids is 1. The van der Waals surface area contributed by atoms with Gasteiger partial charge in [-0.25, -0.2) is 0 Å². The third kappa shape index (κ3) is 5.39. The fourth-order valence-electron chi connectivity index (χ4n) is 5.03. The van der Waals surface area contributed by atoms with Gasteiger partial charge in [-0.3, -0.25) is 14.4 Å². The summed E-state index contributed by atoms with van der Waals surface area (Å²) in [4.78, 5) is 14.6. The van der Waals surface area contributed by atoms with Gasteiger partial charge in [0, 0.05) is 18.8 Å². The molecule has 3 N–H and O–H groups in total. The molecular formula is C23H29F3N4O3. The fraction of sp³-hybridized carbons (Fsp3) is 0.565. The van der Waals surface area contributed by atoms with Gasteiger partial charge >= 0.3 is 6.18 Å². The lowest BCUT2D eigenvalue weighted by molar-refractivity contribution is -0.190. The van der Waals surface area contributed by atoms with Gasteiger partial charge in [-0.2, -0.15) is 18.3 Å². The maximum absolute atomic E-state index is 14.2. The molecule has 0 radical (unpaired) electrons. The Morgan fingerprint density at radius 1 is 1.21 bits per heavy atom. The maximum atomic E-state index is 14.2. The zero-order valence-electron chi connectivity index (χ0n) is 18.2. The van der Waals surface area contributed by atoms with E-state index < -0.39 is 36.9 Å². The molecule has 1 aliphatic carbocycles. The number of aliphatic hydroxyl groups is 2. The van der Waals surface area contributed by atoms with Crippen LogP contribution in [-0.4, -0.2) is 55.7 Å². The summed E-state index contributed by atoms with van der Waals surface area (Å²) in [6.07, 6.45) is 0.256. The van der Waals surface area contributed by atoms with Crippen molar-refractivity contribution in [3.8, 4) is 0 Å². The Kier molecular flexibility index (Phi) is 7.06. The second kappa shape index (κ2) is 9.82. The van der Waals surface area contributed by atoms with Crippen molar-refractivity contribution in [3.63, 3.8) is 0 Å². The minimum absolute atomic E-state index is 0.0372. The molecule has 2 aliphatic rings. The number of fused-ring (bicyclic) bond motifs is 1. The van der Waals surface area contributed by atoms with Crippen molar-refractivity contribution in [2.45, 2.75) is 69.6 Å². The molecule has 2 heterocycles.